The number of methoxy groups -OCH3 is 1. The van der Waals surface area contributed by atoms with E-state index in [1.807, 2.05) is 42.5 Å². The second-order valence-corrected chi connectivity index (χ2v) is 12.3. The number of fused-ring (bicyclic) bond motifs is 1. The van der Waals surface area contributed by atoms with Crippen molar-refractivity contribution in [1.29, 1.82) is 0 Å². The second-order valence-electron chi connectivity index (χ2n) is 12.3. The Bertz CT molecular complexity index is 1730. The van der Waals surface area contributed by atoms with Crippen LogP contribution in [-0.4, -0.2) is 45.3 Å². The lowest BCUT2D eigenvalue weighted by Crippen LogP contribution is -2.61. The first-order chi connectivity index (χ1) is 20.3. The zero-order chi connectivity index (χ0) is 29.0. The highest BCUT2D eigenvalue weighted by Gasteiger charge is 2.55. The van der Waals surface area contributed by atoms with Gasteiger partial charge in [0.25, 0.3) is 5.91 Å². The molecule has 214 valence electrons. The first-order valence-corrected chi connectivity index (χ1v) is 14.6. The quantitative estimate of drug-likeness (QED) is 0.336. The number of rotatable bonds is 6. The molecule has 5 atom stereocenters. The monoisotopic (exact) mass is 563 g/mol. The fourth-order valence-electron chi connectivity index (χ4n) is 8.00. The Morgan fingerprint density at radius 3 is 2.38 bits per heavy atom. The van der Waals surface area contributed by atoms with Gasteiger partial charge >= 0.3 is 5.97 Å². The number of ether oxygens (including phenoxy) is 1. The SMILES string of the molecule is COC(=O)c1c(Cc2ccc(C(=O)N[C@H]3[C@@H]4C[C@@H]5C[C@H]3C[C@@](O)(C5)C4)cc2)c(=O)c2cccnc2n1-c1ccccc1. The van der Waals surface area contributed by atoms with Crippen molar-refractivity contribution in [3.8, 4) is 5.69 Å². The highest BCUT2D eigenvalue weighted by Crippen LogP contribution is 2.55. The van der Waals surface area contributed by atoms with Crippen molar-refractivity contribution in [2.75, 3.05) is 7.11 Å². The number of esters is 1. The molecule has 0 aliphatic heterocycles. The fourth-order valence-corrected chi connectivity index (χ4v) is 8.00. The van der Waals surface area contributed by atoms with Crippen molar-refractivity contribution in [1.82, 2.24) is 14.9 Å². The van der Waals surface area contributed by atoms with Gasteiger partial charge < -0.3 is 15.2 Å². The lowest BCUT2D eigenvalue weighted by Gasteiger charge is -2.58. The molecule has 1 amide bonds. The first kappa shape index (κ1) is 26.6. The molecule has 0 spiro atoms. The Labute approximate surface area is 243 Å². The van der Waals surface area contributed by atoms with Crippen molar-refractivity contribution < 1.29 is 19.4 Å². The van der Waals surface area contributed by atoms with Crippen LogP contribution in [0.4, 0.5) is 0 Å². The summed E-state index contributed by atoms with van der Waals surface area (Å²) >= 11 is 0. The smallest absolute Gasteiger partial charge is 0.355 e. The van der Waals surface area contributed by atoms with Crippen LogP contribution < -0.4 is 10.7 Å². The largest absolute Gasteiger partial charge is 0.464 e. The molecule has 42 heavy (non-hydrogen) atoms. The van der Waals surface area contributed by atoms with Gasteiger partial charge in [-0.2, -0.15) is 0 Å². The molecule has 4 aromatic rings. The Balaban J connectivity index is 1.20. The average molecular weight is 564 g/mol. The molecule has 2 aromatic carbocycles. The van der Waals surface area contributed by atoms with E-state index in [1.54, 1.807) is 35.0 Å². The van der Waals surface area contributed by atoms with E-state index in [2.05, 4.69) is 10.3 Å². The molecule has 4 bridgehead atoms. The number of aromatic nitrogens is 2. The molecule has 4 saturated carbocycles. The number of hydrogen-bond acceptors (Lipinski definition) is 6. The van der Waals surface area contributed by atoms with Crippen LogP contribution in [0.5, 0.6) is 0 Å². The minimum atomic E-state index is -0.630. The number of aliphatic hydroxyl groups is 1. The number of para-hydroxylation sites is 1. The number of nitrogens with one attached hydrogen (secondary N) is 1. The van der Waals surface area contributed by atoms with Crippen molar-refractivity contribution in [2.24, 2.45) is 17.8 Å². The molecule has 8 rings (SSSR count). The van der Waals surface area contributed by atoms with Gasteiger partial charge in [-0.05, 0) is 91.8 Å². The van der Waals surface area contributed by atoms with Crippen LogP contribution in [0.25, 0.3) is 16.7 Å². The fraction of sp³-hybridized carbons (Fsp3) is 0.353. The molecular weight excluding hydrogens is 530 g/mol. The molecular formula is C34H33N3O5. The molecule has 2 N–H and O–H groups in total. The topological polar surface area (TPSA) is 111 Å². The van der Waals surface area contributed by atoms with Gasteiger partial charge in [-0.3, -0.25) is 14.2 Å². The van der Waals surface area contributed by atoms with Gasteiger partial charge in [-0.1, -0.05) is 30.3 Å². The molecule has 8 nitrogen and oxygen atoms in total. The number of carbonyl (C=O) groups excluding carboxylic acids is 2. The van der Waals surface area contributed by atoms with Crippen LogP contribution in [0.2, 0.25) is 0 Å². The molecule has 8 heteroatoms. The highest BCUT2D eigenvalue weighted by atomic mass is 16.5. The van der Waals surface area contributed by atoms with E-state index in [1.165, 1.54) is 7.11 Å². The van der Waals surface area contributed by atoms with Gasteiger partial charge in [0, 0.05) is 35.5 Å². The molecule has 4 aliphatic carbocycles. The summed E-state index contributed by atoms with van der Waals surface area (Å²) in [5.41, 5.74) is 2.00. The Morgan fingerprint density at radius 1 is 1.00 bits per heavy atom. The first-order valence-electron chi connectivity index (χ1n) is 14.6. The normalized spacial score (nSPS) is 25.9. The third-order valence-corrected chi connectivity index (χ3v) is 9.56. The molecule has 0 saturated heterocycles. The van der Waals surface area contributed by atoms with E-state index in [9.17, 15) is 19.5 Å². The standard InChI is InChI=1S/C34H33N3O5/c1-42-33(40)29-27(30(38)26-8-5-13-35-31(26)37(29)25-6-3-2-4-7-25)16-20-9-11-22(12-10-20)32(39)36-28-23-14-21-15-24(28)19-34(41,17-21)18-23/h2-13,21,23-24,28,41H,14-19H2,1H3,(H,36,39)/t21-,23-,24+,28+,34-. The van der Waals surface area contributed by atoms with Gasteiger partial charge in [0.05, 0.1) is 18.1 Å². The Morgan fingerprint density at radius 2 is 1.71 bits per heavy atom. The molecule has 0 unspecified atom stereocenters. The zero-order valence-corrected chi connectivity index (χ0v) is 23.5. The van der Waals surface area contributed by atoms with Gasteiger partial charge in [0.2, 0.25) is 0 Å². The van der Waals surface area contributed by atoms with Gasteiger partial charge in [0.15, 0.2) is 5.43 Å². The maximum Gasteiger partial charge on any atom is 0.355 e. The van der Waals surface area contributed by atoms with Crippen LogP contribution >= 0.6 is 0 Å². The minimum Gasteiger partial charge on any atom is -0.464 e. The minimum absolute atomic E-state index is 0.0966. The van der Waals surface area contributed by atoms with Gasteiger partial charge in [-0.25, -0.2) is 9.78 Å². The maximum absolute atomic E-state index is 13.8. The van der Waals surface area contributed by atoms with Crippen molar-refractivity contribution >= 4 is 22.9 Å². The van der Waals surface area contributed by atoms with Gasteiger partial charge in [0.1, 0.15) is 11.3 Å². The highest BCUT2D eigenvalue weighted by molar-refractivity contribution is 5.95. The van der Waals surface area contributed by atoms with Crippen molar-refractivity contribution in [3.63, 3.8) is 0 Å². The molecule has 4 fully saturated rings. The van der Waals surface area contributed by atoms with Crippen molar-refractivity contribution in [2.45, 2.75) is 50.2 Å². The summed E-state index contributed by atoms with van der Waals surface area (Å²) in [5.74, 6) is 0.484. The third kappa shape index (κ3) is 4.50. The summed E-state index contributed by atoms with van der Waals surface area (Å²) in [6.45, 7) is 0. The van der Waals surface area contributed by atoms with E-state index in [0.29, 0.717) is 45.6 Å². The van der Waals surface area contributed by atoms with Crippen LogP contribution in [0.15, 0.2) is 77.7 Å². The summed E-state index contributed by atoms with van der Waals surface area (Å²) in [6, 6.07) is 20.0. The Hall–Kier alpha value is -4.30. The number of hydrogen-bond donors (Lipinski definition) is 2. The van der Waals surface area contributed by atoms with E-state index >= 15 is 0 Å². The summed E-state index contributed by atoms with van der Waals surface area (Å²) in [7, 11) is 1.30. The molecule has 0 radical (unpaired) electrons. The lowest BCUT2D eigenvalue weighted by molar-refractivity contribution is -0.136. The van der Waals surface area contributed by atoms with Gasteiger partial charge in [-0.15, -0.1) is 0 Å². The number of pyridine rings is 2. The number of benzene rings is 2. The third-order valence-electron chi connectivity index (χ3n) is 9.56. The van der Waals surface area contributed by atoms with Crippen LogP contribution in [0.3, 0.4) is 0 Å². The summed E-state index contributed by atoms with van der Waals surface area (Å²) < 4.78 is 6.84. The van der Waals surface area contributed by atoms with Crippen LogP contribution in [0.1, 0.15) is 64.1 Å². The summed E-state index contributed by atoms with van der Waals surface area (Å²) in [5, 5.41) is 14.6. The molecule has 2 heterocycles. The molecule has 4 aliphatic rings. The summed E-state index contributed by atoms with van der Waals surface area (Å²) in [6.07, 6.45) is 6.37. The molecule has 2 aromatic heterocycles. The number of amides is 1. The maximum atomic E-state index is 13.8. The van der Waals surface area contributed by atoms with E-state index in [-0.39, 0.29) is 29.5 Å². The van der Waals surface area contributed by atoms with E-state index in [4.69, 9.17) is 4.74 Å². The lowest BCUT2D eigenvalue weighted by atomic mass is 9.52. The zero-order valence-electron chi connectivity index (χ0n) is 23.5. The Kier molecular flexibility index (Phi) is 6.46. The van der Waals surface area contributed by atoms with Crippen LogP contribution in [-0.2, 0) is 11.2 Å². The second kappa shape index (κ2) is 10.2. The van der Waals surface area contributed by atoms with E-state index in [0.717, 1.165) is 37.7 Å². The summed E-state index contributed by atoms with van der Waals surface area (Å²) in [4.78, 5) is 44.7. The predicted octanol–water partition coefficient (Wildman–Crippen LogP) is 4.43. The van der Waals surface area contributed by atoms with Crippen molar-refractivity contribution in [3.05, 3.63) is 106 Å². The predicted molar refractivity (Wildman–Crippen MR) is 158 cm³/mol. The van der Waals surface area contributed by atoms with Crippen LogP contribution in [0, 0.1) is 17.8 Å². The average Bonchev–Trinajstić information content (AvgIpc) is 2.99. The number of carbonyl (C=O) groups is 2. The van der Waals surface area contributed by atoms with E-state index < -0.39 is 11.6 Å². The number of nitrogens with zero attached hydrogens (tertiary/aromatic N) is 2.